The maximum Gasteiger partial charge on any atom is 0.196 e. The van der Waals surface area contributed by atoms with Crippen molar-refractivity contribution in [2.45, 2.75) is 13.3 Å². The standard InChI is InChI=1S/C13H27N3O2/c1-5-14-13(15(2)3)16-7-6-12(10-16)11-18-9-8-17-4/h12H,5-11H2,1-4H3. The largest absolute Gasteiger partial charge is 0.382 e. The molecule has 1 unspecified atom stereocenters. The van der Waals surface area contributed by atoms with E-state index in [-0.39, 0.29) is 0 Å². The summed E-state index contributed by atoms with van der Waals surface area (Å²) in [5.74, 6) is 1.71. The monoisotopic (exact) mass is 257 g/mol. The van der Waals surface area contributed by atoms with Gasteiger partial charge in [0.25, 0.3) is 0 Å². The fourth-order valence-electron chi connectivity index (χ4n) is 2.21. The lowest BCUT2D eigenvalue weighted by molar-refractivity contribution is 0.0535. The van der Waals surface area contributed by atoms with Gasteiger partial charge in [-0.3, -0.25) is 4.99 Å². The van der Waals surface area contributed by atoms with Gasteiger partial charge in [-0.15, -0.1) is 0 Å². The number of hydrogen-bond donors (Lipinski definition) is 0. The van der Waals surface area contributed by atoms with Crippen LogP contribution in [-0.4, -0.2) is 76.4 Å². The lowest BCUT2D eigenvalue weighted by Crippen LogP contribution is -2.39. The number of hydrogen-bond acceptors (Lipinski definition) is 3. The van der Waals surface area contributed by atoms with Crippen molar-refractivity contribution in [2.24, 2.45) is 10.9 Å². The van der Waals surface area contributed by atoms with Crippen LogP contribution in [0, 0.1) is 5.92 Å². The van der Waals surface area contributed by atoms with Crippen molar-refractivity contribution in [3.63, 3.8) is 0 Å². The van der Waals surface area contributed by atoms with Crippen LogP contribution in [0.5, 0.6) is 0 Å². The second kappa shape index (κ2) is 8.32. The van der Waals surface area contributed by atoms with E-state index in [4.69, 9.17) is 9.47 Å². The van der Waals surface area contributed by atoms with Crippen LogP contribution in [0.2, 0.25) is 0 Å². The summed E-state index contributed by atoms with van der Waals surface area (Å²) in [4.78, 5) is 9.01. The molecule has 1 heterocycles. The summed E-state index contributed by atoms with van der Waals surface area (Å²) in [6.45, 7) is 7.23. The van der Waals surface area contributed by atoms with Gasteiger partial charge in [-0.05, 0) is 13.3 Å². The summed E-state index contributed by atoms with van der Waals surface area (Å²) < 4.78 is 10.6. The first-order valence-corrected chi connectivity index (χ1v) is 6.72. The van der Waals surface area contributed by atoms with E-state index < -0.39 is 0 Å². The van der Waals surface area contributed by atoms with Crippen LogP contribution >= 0.6 is 0 Å². The summed E-state index contributed by atoms with van der Waals surface area (Å²) in [6, 6.07) is 0. The minimum atomic E-state index is 0.615. The zero-order chi connectivity index (χ0) is 13.4. The van der Waals surface area contributed by atoms with Crippen molar-refractivity contribution in [3.8, 4) is 0 Å². The fourth-order valence-corrected chi connectivity index (χ4v) is 2.21. The van der Waals surface area contributed by atoms with Crippen LogP contribution in [0.4, 0.5) is 0 Å². The molecule has 106 valence electrons. The van der Waals surface area contributed by atoms with E-state index in [0.717, 1.165) is 32.2 Å². The summed E-state index contributed by atoms with van der Waals surface area (Å²) in [5, 5.41) is 0. The van der Waals surface area contributed by atoms with Crippen LogP contribution < -0.4 is 0 Å². The smallest absolute Gasteiger partial charge is 0.196 e. The number of aliphatic imine (C=N–C) groups is 1. The average Bonchev–Trinajstić information content (AvgIpc) is 2.79. The number of ether oxygens (including phenoxy) is 2. The van der Waals surface area contributed by atoms with Gasteiger partial charge in [0.05, 0.1) is 19.8 Å². The number of rotatable bonds is 6. The molecule has 0 bridgehead atoms. The number of nitrogens with zero attached hydrogens (tertiary/aromatic N) is 3. The Morgan fingerprint density at radius 1 is 1.39 bits per heavy atom. The molecule has 0 N–H and O–H groups in total. The first-order chi connectivity index (χ1) is 8.69. The van der Waals surface area contributed by atoms with Crippen molar-refractivity contribution in [3.05, 3.63) is 0 Å². The molecule has 0 aromatic carbocycles. The molecule has 0 amide bonds. The topological polar surface area (TPSA) is 37.3 Å². The molecular weight excluding hydrogens is 230 g/mol. The predicted molar refractivity (Wildman–Crippen MR) is 74.0 cm³/mol. The Morgan fingerprint density at radius 3 is 2.78 bits per heavy atom. The zero-order valence-corrected chi connectivity index (χ0v) is 12.2. The van der Waals surface area contributed by atoms with E-state index in [1.165, 1.54) is 6.42 Å². The highest BCUT2D eigenvalue weighted by Crippen LogP contribution is 2.17. The van der Waals surface area contributed by atoms with Crippen LogP contribution in [0.1, 0.15) is 13.3 Å². The van der Waals surface area contributed by atoms with Gasteiger partial charge in [-0.1, -0.05) is 0 Å². The van der Waals surface area contributed by atoms with Gasteiger partial charge in [0.15, 0.2) is 5.96 Å². The Hall–Kier alpha value is -0.810. The van der Waals surface area contributed by atoms with Crippen LogP contribution in [-0.2, 0) is 9.47 Å². The second-order valence-electron chi connectivity index (χ2n) is 4.84. The minimum absolute atomic E-state index is 0.615. The van der Waals surface area contributed by atoms with Gasteiger partial charge in [-0.2, -0.15) is 0 Å². The number of likely N-dealkylation sites (tertiary alicyclic amines) is 1. The van der Waals surface area contributed by atoms with Gasteiger partial charge in [0.1, 0.15) is 0 Å². The Balaban J connectivity index is 2.33. The molecule has 0 spiro atoms. The molecule has 1 rings (SSSR count). The van der Waals surface area contributed by atoms with E-state index in [2.05, 4.69) is 35.8 Å². The Kier molecular flexibility index (Phi) is 7.05. The molecule has 0 radical (unpaired) electrons. The van der Waals surface area contributed by atoms with E-state index in [1.807, 2.05) is 0 Å². The summed E-state index contributed by atoms with van der Waals surface area (Å²) in [6.07, 6.45) is 1.18. The Labute approximate surface area is 111 Å². The molecule has 0 aromatic rings. The summed E-state index contributed by atoms with van der Waals surface area (Å²) in [7, 11) is 5.80. The lowest BCUT2D eigenvalue weighted by Gasteiger charge is -2.26. The van der Waals surface area contributed by atoms with E-state index >= 15 is 0 Å². The normalized spacial score (nSPS) is 20.6. The highest BCUT2D eigenvalue weighted by molar-refractivity contribution is 5.79. The Morgan fingerprint density at radius 2 is 2.17 bits per heavy atom. The zero-order valence-electron chi connectivity index (χ0n) is 12.2. The van der Waals surface area contributed by atoms with Crippen molar-refractivity contribution in [1.29, 1.82) is 0 Å². The first kappa shape index (κ1) is 15.2. The molecule has 1 atom stereocenters. The lowest BCUT2D eigenvalue weighted by atomic mass is 10.1. The number of guanidine groups is 1. The molecule has 5 nitrogen and oxygen atoms in total. The van der Waals surface area contributed by atoms with Gasteiger partial charge >= 0.3 is 0 Å². The molecule has 0 saturated carbocycles. The Bertz CT molecular complexity index is 257. The quantitative estimate of drug-likeness (QED) is 0.403. The summed E-state index contributed by atoms with van der Waals surface area (Å²) >= 11 is 0. The maximum atomic E-state index is 5.60. The van der Waals surface area contributed by atoms with Gasteiger partial charge < -0.3 is 19.3 Å². The molecule has 0 aromatic heterocycles. The van der Waals surface area contributed by atoms with E-state index in [9.17, 15) is 0 Å². The molecule has 1 saturated heterocycles. The van der Waals surface area contributed by atoms with Crippen molar-refractivity contribution >= 4 is 5.96 Å². The molecular formula is C13H27N3O2. The first-order valence-electron chi connectivity index (χ1n) is 6.72. The molecule has 1 aliphatic heterocycles. The molecule has 18 heavy (non-hydrogen) atoms. The molecule has 1 aliphatic rings. The highest BCUT2D eigenvalue weighted by atomic mass is 16.5. The van der Waals surface area contributed by atoms with Gasteiger partial charge in [0.2, 0.25) is 0 Å². The fraction of sp³-hybridized carbons (Fsp3) is 0.923. The molecule has 5 heteroatoms. The maximum absolute atomic E-state index is 5.60. The van der Waals surface area contributed by atoms with Gasteiger partial charge in [0, 0.05) is 46.8 Å². The second-order valence-corrected chi connectivity index (χ2v) is 4.84. The van der Waals surface area contributed by atoms with Gasteiger partial charge in [-0.25, -0.2) is 0 Å². The number of methoxy groups -OCH3 is 1. The van der Waals surface area contributed by atoms with Crippen molar-refractivity contribution in [2.75, 3.05) is 60.7 Å². The molecule has 0 aliphatic carbocycles. The van der Waals surface area contributed by atoms with E-state index in [0.29, 0.717) is 19.1 Å². The van der Waals surface area contributed by atoms with Crippen molar-refractivity contribution in [1.82, 2.24) is 9.80 Å². The summed E-state index contributed by atoms with van der Waals surface area (Å²) in [5.41, 5.74) is 0. The average molecular weight is 257 g/mol. The predicted octanol–water partition coefficient (Wildman–Crippen LogP) is 0.909. The SMILES string of the molecule is CCN=C(N(C)C)N1CCC(COCCOC)C1. The van der Waals surface area contributed by atoms with Crippen molar-refractivity contribution < 1.29 is 9.47 Å². The van der Waals surface area contributed by atoms with Crippen LogP contribution in [0.3, 0.4) is 0 Å². The van der Waals surface area contributed by atoms with Crippen LogP contribution in [0.25, 0.3) is 0 Å². The van der Waals surface area contributed by atoms with Crippen LogP contribution in [0.15, 0.2) is 4.99 Å². The third-order valence-electron chi connectivity index (χ3n) is 3.05. The minimum Gasteiger partial charge on any atom is -0.382 e. The van der Waals surface area contributed by atoms with E-state index in [1.54, 1.807) is 7.11 Å². The molecule has 1 fully saturated rings. The third-order valence-corrected chi connectivity index (χ3v) is 3.05. The third kappa shape index (κ3) is 4.82. The highest BCUT2D eigenvalue weighted by Gasteiger charge is 2.25.